The van der Waals surface area contributed by atoms with Crippen molar-refractivity contribution >= 4 is 17.3 Å². The monoisotopic (exact) mass is 340 g/mol. The first kappa shape index (κ1) is 17.1. The van der Waals surface area contributed by atoms with Gasteiger partial charge in [0.1, 0.15) is 11.5 Å². The van der Waals surface area contributed by atoms with Crippen molar-refractivity contribution in [2.75, 3.05) is 31.0 Å². The van der Waals surface area contributed by atoms with Gasteiger partial charge >= 0.3 is 0 Å². The van der Waals surface area contributed by atoms with E-state index in [4.69, 9.17) is 9.47 Å². The largest absolute Gasteiger partial charge is 0.497 e. The molecule has 0 saturated heterocycles. The third-order valence-electron chi connectivity index (χ3n) is 4.66. The van der Waals surface area contributed by atoms with E-state index in [0.717, 1.165) is 18.5 Å². The van der Waals surface area contributed by atoms with Crippen LogP contribution in [0.3, 0.4) is 0 Å². The van der Waals surface area contributed by atoms with Gasteiger partial charge in [0.05, 0.1) is 26.5 Å². The maximum absolute atomic E-state index is 12.6. The Balaban J connectivity index is 1.75. The third-order valence-corrected chi connectivity index (χ3v) is 4.66. The second-order valence-electron chi connectivity index (χ2n) is 6.26. The zero-order chi connectivity index (χ0) is 17.8. The van der Waals surface area contributed by atoms with Gasteiger partial charge in [0.2, 0.25) is 5.91 Å². The molecule has 0 aromatic heterocycles. The van der Waals surface area contributed by atoms with Crippen LogP contribution in [0.25, 0.3) is 0 Å². The highest BCUT2D eigenvalue weighted by molar-refractivity contribution is 5.95. The molecule has 0 spiro atoms. The number of fused-ring (bicyclic) bond motifs is 1. The van der Waals surface area contributed by atoms with E-state index in [0.29, 0.717) is 29.8 Å². The van der Waals surface area contributed by atoms with Crippen LogP contribution in [0.15, 0.2) is 42.5 Å². The summed E-state index contributed by atoms with van der Waals surface area (Å²) < 4.78 is 10.5. The minimum atomic E-state index is -0.0629. The highest BCUT2D eigenvalue weighted by atomic mass is 16.5. The Morgan fingerprint density at radius 1 is 1.20 bits per heavy atom. The van der Waals surface area contributed by atoms with Crippen LogP contribution < -0.4 is 19.7 Å². The van der Waals surface area contributed by atoms with Gasteiger partial charge in [0.25, 0.3) is 0 Å². The number of carbonyl (C=O) groups is 1. The Kier molecular flexibility index (Phi) is 5.12. The Morgan fingerprint density at radius 3 is 2.76 bits per heavy atom. The molecule has 1 unspecified atom stereocenters. The molecule has 1 heterocycles. The number of amides is 1. The number of hydrogen-bond donors (Lipinski definition) is 1. The minimum Gasteiger partial charge on any atom is -0.497 e. The fourth-order valence-corrected chi connectivity index (χ4v) is 3.25. The Hall–Kier alpha value is -2.69. The molecule has 1 aliphatic rings. The summed E-state index contributed by atoms with van der Waals surface area (Å²) in [6, 6.07) is 14.0. The number of methoxy groups -OCH3 is 2. The highest BCUT2D eigenvalue weighted by Crippen LogP contribution is 2.31. The second kappa shape index (κ2) is 7.47. The molecule has 0 saturated carbocycles. The summed E-state index contributed by atoms with van der Waals surface area (Å²) in [5, 5.41) is 2.95. The van der Waals surface area contributed by atoms with E-state index >= 15 is 0 Å². The molecule has 25 heavy (non-hydrogen) atoms. The summed E-state index contributed by atoms with van der Waals surface area (Å²) in [7, 11) is 3.18. The van der Waals surface area contributed by atoms with Crippen molar-refractivity contribution in [2.45, 2.75) is 25.8 Å². The van der Waals surface area contributed by atoms with E-state index in [2.05, 4.69) is 35.3 Å². The number of carbonyl (C=O) groups excluding carboxylic acids is 1. The number of hydrogen-bond acceptors (Lipinski definition) is 4. The SMILES string of the molecule is COc1ccc(NC(=O)CN2c3ccccc3CCC2C)c(OC)c1. The number of rotatable bonds is 5. The molecule has 0 aliphatic carbocycles. The van der Waals surface area contributed by atoms with E-state index in [1.54, 1.807) is 32.4 Å². The van der Waals surface area contributed by atoms with E-state index in [1.807, 2.05) is 6.07 Å². The van der Waals surface area contributed by atoms with Crippen LogP contribution in [0.2, 0.25) is 0 Å². The number of anilines is 2. The van der Waals surface area contributed by atoms with Gasteiger partial charge in [0, 0.05) is 17.8 Å². The van der Waals surface area contributed by atoms with Gasteiger partial charge in [-0.15, -0.1) is 0 Å². The average Bonchev–Trinajstić information content (AvgIpc) is 2.64. The smallest absolute Gasteiger partial charge is 0.244 e. The number of ether oxygens (including phenoxy) is 2. The van der Waals surface area contributed by atoms with Gasteiger partial charge in [-0.3, -0.25) is 4.79 Å². The first-order chi connectivity index (χ1) is 12.1. The van der Waals surface area contributed by atoms with Crippen molar-refractivity contribution in [3.05, 3.63) is 48.0 Å². The van der Waals surface area contributed by atoms with Crippen LogP contribution in [0, 0.1) is 0 Å². The molecule has 2 aromatic carbocycles. The summed E-state index contributed by atoms with van der Waals surface area (Å²) in [6.45, 7) is 2.48. The normalized spacial score (nSPS) is 16.1. The predicted molar refractivity (Wildman–Crippen MR) is 99.7 cm³/mol. The fourth-order valence-electron chi connectivity index (χ4n) is 3.25. The van der Waals surface area contributed by atoms with E-state index < -0.39 is 0 Å². The number of nitrogens with zero attached hydrogens (tertiary/aromatic N) is 1. The van der Waals surface area contributed by atoms with Crippen LogP contribution in [0.4, 0.5) is 11.4 Å². The summed E-state index contributed by atoms with van der Waals surface area (Å²) in [5.41, 5.74) is 3.10. The molecule has 2 aromatic rings. The van der Waals surface area contributed by atoms with Crippen LogP contribution >= 0.6 is 0 Å². The summed E-state index contributed by atoms with van der Waals surface area (Å²) in [5.74, 6) is 1.21. The molecule has 0 bridgehead atoms. The predicted octanol–water partition coefficient (Wildman–Crippen LogP) is 3.48. The maximum Gasteiger partial charge on any atom is 0.244 e. The first-order valence-electron chi connectivity index (χ1n) is 8.48. The topological polar surface area (TPSA) is 50.8 Å². The zero-order valence-electron chi connectivity index (χ0n) is 14.9. The van der Waals surface area contributed by atoms with Gasteiger partial charge in [-0.05, 0) is 43.5 Å². The molecule has 3 rings (SSSR count). The average molecular weight is 340 g/mol. The molecular weight excluding hydrogens is 316 g/mol. The van der Waals surface area contributed by atoms with Gasteiger partial charge in [0.15, 0.2) is 0 Å². The summed E-state index contributed by atoms with van der Waals surface area (Å²) in [6.07, 6.45) is 2.11. The molecule has 1 N–H and O–H groups in total. The molecule has 1 amide bonds. The minimum absolute atomic E-state index is 0.0629. The Bertz CT molecular complexity index is 760. The van der Waals surface area contributed by atoms with Crippen molar-refractivity contribution in [2.24, 2.45) is 0 Å². The summed E-state index contributed by atoms with van der Waals surface area (Å²) in [4.78, 5) is 14.8. The quantitative estimate of drug-likeness (QED) is 0.905. The molecule has 0 fully saturated rings. The van der Waals surface area contributed by atoms with Crippen LogP contribution in [-0.2, 0) is 11.2 Å². The molecule has 5 nitrogen and oxygen atoms in total. The lowest BCUT2D eigenvalue weighted by atomic mass is 9.96. The maximum atomic E-state index is 12.6. The van der Waals surface area contributed by atoms with Gasteiger partial charge in [-0.25, -0.2) is 0 Å². The van der Waals surface area contributed by atoms with Crippen molar-refractivity contribution < 1.29 is 14.3 Å². The van der Waals surface area contributed by atoms with Gasteiger partial charge < -0.3 is 19.7 Å². The number of benzene rings is 2. The van der Waals surface area contributed by atoms with Crippen molar-refractivity contribution in [3.63, 3.8) is 0 Å². The molecule has 0 radical (unpaired) electrons. The standard InChI is InChI=1S/C20H24N2O3/c1-14-8-9-15-6-4-5-7-18(15)22(14)13-20(23)21-17-11-10-16(24-2)12-19(17)25-3/h4-7,10-12,14H,8-9,13H2,1-3H3,(H,21,23). The van der Waals surface area contributed by atoms with E-state index in [1.165, 1.54) is 5.56 Å². The number of nitrogens with one attached hydrogen (secondary N) is 1. The Labute approximate surface area is 148 Å². The fraction of sp³-hybridized carbons (Fsp3) is 0.350. The Morgan fingerprint density at radius 2 is 2.00 bits per heavy atom. The lowest BCUT2D eigenvalue weighted by Crippen LogP contribution is -2.42. The van der Waals surface area contributed by atoms with Crippen molar-refractivity contribution in [1.82, 2.24) is 0 Å². The van der Waals surface area contributed by atoms with E-state index in [9.17, 15) is 4.79 Å². The van der Waals surface area contributed by atoms with Gasteiger partial charge in [-0.2, -0.15) is 0 Å². The van der Waals surface area contributed by atoms with Crippen molar-refractivity contribution in [1.29, 1.82) is 0 Å². The molecular formula is C20H24N2O3. The first-order valence-corrected chi connectivity index (χ1v) is 8.48. The molecule has 132 valence electrons. The molecule has 1 atom stereocenters. The van der Waals surface area contributed by atoms with Crippen LogP contribution in [-0.4, -0.2) is 32.7 Å². The third kappa shape index (κ3) is 3.71. The van der Waals surface area contributed by atoms with Crippen LogP contribution in [0.1, 0.15) is 18.9 Å². The lowest BCUT2D eigenvalue weighted by Gasteiger charge is -2.36. The number of aryl methyl sites for hydroxylation is 1. The van der Waals surface area contributed by atoms with Gasteiger partial charge in [-0.1, -0.05) is 18.2 Å². The second-order valence-corrected chi connectivity index (χ2v) is 6.26. The van der Waals surface area contributed by atoms with Crippen LogP contribution in [0.5, 0.6) is 11.5 Å². The van der Waals surface area contributed by atoms with E-state index in [-0.39, 0.29) is 5.91 Å². The highest BCUT2D eigenvalue weighted by Gasteiger charge is 2.24. The van der Waals surface area contributed by atoms with Crippen molar-refractivity contribution in [3.8, 4) is 11.5 Å². The zero-order valence-corrected chi connectivity index (χ0v) is 14.9. The molecule has 1 aliphatic heterocycles. The molecule has 5 heteroatoms. The number of para-hydroxylation sites is 1. The summed E-state index contributed by atoms with van der Waals surface area (Å²) >= 11 is 0. The lowest BCUT2D eigenvalue weighted by molar-refractivity contribution is -0.115.